The number of anilines is 2. The Balaban J connectivity index is 2.00. The van der Waals surface area contributed by atoms with E-state index in [1.54, 1.807) is 19.2 Å². The molecular formula is C19H28N6O2. The number of amides is 1. The summed E-state index contributed by atoms with van der Waals surface area (Å²) in [6.07, 6.45) is 4.77. The Morgan fingerprint density at radius 3 is 2.74 bits per heavy atom. The first-order valence-electron chi connectivity index (χ1n) is 9.21. The normalized spacial score (nSPS) is 10.6. The van der Waals surface area contributed by atoms with Crippen molar-refractivity contribution in [2.24, 2.45) is 0 Å². The molecule has 0 fully saturated rings. The van der Waals surface area contributed by atoms with E-state index in [0.29, 0.717) is 24.6 Å². The van der Waals surface area contributed by atoms with Crippen molar-refractivity contribution in [1.82, 2.24) is 19.9 Å². The van der Waals surface area contributed by atoms with Gasteiger partial charge in [-0.15, -0.1) is 0 Å². The molecule has 2 aromatic heterocycles. The number of nitrogen functional groups attached to an aromatic ring is 1. The lowest BCUT2D eigenvalue weighted by molar-refractivity contribution is -0.121. The highest BCUT2D eigenvalue weighted by atomic mass is 16.2. The van der Waals surface area contributed by atoms with Crippen LogP contribution in [0.2, 0.25) is 0 Å². The third-order valence-electron chi connectivity index (χ3n) is 4.32. The molecule has 8 nitrogen and oxygen atoms in total. The lowest BCUT2D eigenvalue weighted by Gasteiger charge is -2.13. The molecule has 0 spiro atoms. The standard InChI is InChI=1S/C19H28N6O2/c1-4-5-6-9-21-18-19(27)25(13(2)10-23-18)12-17(26)22-11-15-7-8-16(20)24-14(15)3/h7-8,10H,4-6,9,11-12H2,1-3H3,(H2,20,24)(H,21,23)(H,22,26). The second kappa shape index (κ2) is 9.70. The molecule has 0 bridgehead atoms. The van der Waals surface area contributed by atoms with Gasteiger partial charge < -0.3 is 16.4 Å². The van der Waals surface area contributed by atoms with Gasteiger partial charge in [0.1, 0.15) is 12.4 Å². The van der Waals surface area contributed by atoms with Crippen LogP contribution in [0.5, 0.6) is 0 Å². The first-order chi connectivity index (χ1) is 12.9. The number of hydrogen-bond donors (Lipinski definition) is 3. The van der Waals surface area contributed by atoms with Gasteiger partial charge in [-0.1, -0.05) is 25.8 Å². The highest BCUT2D eigenvalue weighted by Gasteiger charge is 2.12. The Bertz CT molecular complexity index is 847. The monoisotopic (exact) mass is 372 g/mol. The minimum atomic E-state index is -0.285. The Kier molecular flexibility index (Phi) is 7.34. The first kappa shape index (κ1) is 20.4. The van der Waals surface area contributed by atoms with E-state index in [1.807, 2.05) is 13.0 Å². The van der Waals surface area contributed by atoms with E-state index in [-0.39, 0.29) is 23.8 Å². The summed E-state index contributed by atoms with van der Waals surface area (Å²) < 4.78 is 1.43. The maximum absolute atomic E-state index is 12.6. The smallest absolute Gasteiger partial charge is 0.293 e. The predicted molar refractivity (Wildman–Crippen MR) is 106 cm³/mol. The molecule has 2 heterocycles. The molecule has 27 heavy (non-hydrogen) atoms. The number of pyridine rings is 1. The van der Waals surface area contributed by atoms with Crippen molar-refractivity contribution in [3.8, 4) is 0 Å². The van der Waals surface area contributed by atoms with Gasteiger partial charge in [-0.25, -0.2) is 9.97 Å². The number of aryl methyl sites for hydroxylation is 2. The van der Waals surface area contributed by atoms with Crippen molar-refractivity contribution in [1.29, 1.82) is 0 Å². The summed E-state index contributed by atoms with van der Waals surface area (Å²) in [5, 5.41) is 5.88. The number of carbonyl (C=O) groups is 1. The van der Waals surface area contributed by atoms with E-state index >= 15 is 0 Å². The fourth-order valence-electron chi connectivity index (χ4n) is 2.66. The molecule has 0 radical (unpaired) electrons. The van der Waals surface area contributed by atoms with Gasteiger partial charge in [0.05, 0.1) is 0 Å². The van der Waals surface area contributed by atoms with E-state index < -0.39 is 0 Å². The number of aromatic nitrogens is 3. The maximum atomic E-state index is 12.6. The van der Waals surface area contributed by atoms with Crippen LogP contribution in [0.4, 0.5) is 11.6 Å². The minimum Gasteiger partial charge on any atom is -0.384 e. The molecule has 1 amide bonds. The maximum Gasteiger partial charge on any atom is 0.293 e. The Morgan fingerprint density at radius 2 is 2.04 bits per heavy atom. The predicted octanol–water partition coefficient (Wildman–Crippen LogP) is 1.76. The average Bonchev–Trinajstić information content (AvgIpc) is 2.63. The van der Waals surface area contributed by atoms with E-state index in [1.165, 1.54) is 4.57 Å². The minimum absolute atomic E-state index is 0.0573. The Hall–Kier alpha value is -2.90. The zero-order valence-corrected chi connectivity index (χ0v) is 16.2. The Morgan fingerprint density at radius 1 is 1.26 bits per heavy atom. The molecule has 2 rings (SSSR count). The summed E-state index contributed by atoms with van der Waals surface area (Å²) in [4.78, 5) is 33.2. The molecule has 0 saturated heterocycles. The number of unbranched alkanes of at least 4 members (excludes halogenated alkanes) is 2. The van der Waals surface area contributed by atoms with Crippen molar-refractivity contribution in [3.63, 3.8) is 0 Å². The van der Waals surface area contributed by atoms with Crippen LogP contribution in [-0.2, 0) is 17.9 Å². The van der Waals surface area contributed by atoms with Crippen LogP contribution in [0.15, 0.2) is 23.1 Å². The third kappa shape index (κ3) is 5.80. The van der Waals surface area contributed by atoms with Crippen LogP contribution in [0.3, 0.4) is 0 Å². The van der Waals surface area contributed by atoms with Crippen LogP contribution >= 0.6 is 0 Å². The van der Waals surface area contributed by atoms with E-state index in [4.69, 9.17) is 5.73 Å². The highest BCUT2D eigenvalue weighted by molar-refractivity contribution is 5.75. The number of rotatable bonds is 9. The van der Waals surface area contributed by atoms with Crippen molar-refractivity contribution >= 4 is 17.5 Å². The molecular weight excluding hydrogens is 344 g/mol. The molecule has 0 aromatic carbocycles. The Labute approximate surface area is 159 Å². The molecule has 0 unspecified atom stereocenters. The number of nitrogens with two attached hydrogens (primary N) is 1. The molecule has 0 aliphatic rings. The van der Waals surface area contributed by atoms with Gasteiger partial charge in [0.15, 0.2) is 5.82 Å². The molecule has 0 aliphatic heterocycles. The molecule has 146 valence electrons. The van der Waals surface area contributed by atoms with E-state index in [9.17, 15) is 9.59 Å². The second-order valence-electron chi connectivity index (χ2n) is 6.53. The van der Waals surface area contributed by atoms with E-state index in [0.717, 1.165) is 30.5 Å². The molecule has 2 aromatic rings. The van der Waals surface area contributed by atoms with Crippen molar-refractivity contribution < 1.29 is 4.79 Å². The topological polar surface area (TPSA) is 115 Å². The lowest BCUT2D eigenvalue weighted by atomic mass is 10.2. The van der Waals surface area contributed by atoms with E-state index in [2.05, 4.69) is 27.5 Å². The van der Waals surface area contributed by atoms with Crippen molar-refractivity contribution in [2.75, 3.05) is 17.6 Å². The van der Waals surface area contributed by atoms with Crippen LogP contribution < -0.4 is 21.9 Å². The SMILES string of the molecule is CCCCCNc1ncc(C)n(CC(=O)NCc2ccc(N)nc2C)c1=O. The van der Waals surface area contributed by atoms with Crippen molar-refractivity contribution in [3.05, 3.63) is 45.6 Å². The summed E-state index contributed by atoms with van der Waals surface area (Å²) in [6, 6.07) is 3.53. The fraction of sp³-hybridized carbons (Fsp3) is 0.474. The summed E-state index contributed by atoms with van der Waals surface area (Å²) in [5.74, 6) is 0.475. The number of nitrogens with one attached hydrogen (secondary N) is 2. The molecule has 0 saturated carbocycles. The van der Waals surface area contributed by atoms with Gasteiger partial charge in [0.25, 0.3) is 5.56 Å². The quantitative estimate of drug-likeness (QED) is 0.578. The lowest BCUT2D eigenvalue weighted by Crippen LogP contribution is -2.34. The van der Waals surface area contributed by atoms with Gasteiger partial charge in [-0.2, -0.15) is 0 Å². The highest BCUT2D eigenvalue weighted by Crippen LogP contribution is 2.07. The number of nitrogens with zero attached hydrogens (tertiary/aromatic N) is 3. The molecule has 0 atom stereocenters. The first-order valence-corrected chi connectivity index (χ1v) is 9.21. The van der Waals surface area contributed by atoms with Crippen molar-refractivity contribution in [2.45, 2.75) is 53.1 Å². The molecule has 4 N–H and O–H groups in total. The zero-order chi connectivity index (χ0) is 19.8. The summed E-state index contributed by atoms with van der Waals surface area (Å²) in [6.45, 7) is 6.69. The van der Waals surface area contributed by atoms with Crippen LogP contribution in [0.25, 0.3) is 0 Å². The van der Waals surface area contributed by atoms with Crippen LogP contribution in [0.1, 0.15) is 43.1 Å². The number of carbonyl (C=O) groups excluding carboxylic acids is 1. The fourth-order valence-corrected chi connectivity index (χ4v) is 2.66. The summed E-state index contributed by atoms with van der Waals surface area (Å²) in [7, 11) is 0. The average molecular weight is 372 g/mol. The summed E-state index contributed by atoms with van der Waals surface area (Å²) >= 11 is 0. The van der Waals surface area contributed by atoms with Crippen LogP contribution in [-0.4, -0.2) is 27.0 Å². The van der Waals surface area contributed by atoms with Gasteiger partial charge >= 0.3 is 0 Å². The molecule has 8 heteroatoms. The van der Waals surface area contributed by atoms with Crippen LogP contribution in [0, 0.1) is 13.8 Å². The summed E-state index contributed by atoms with van der Waals surface area (Å²) in [5.41, 5.74) is 7.64. The molecule has 0 aliphatic carbocycles. The van der Waals surface area contributed by atoms with Gasteiger partial charge in [-0.05, 0) is 31.9 Å². The number of hydrogen-bond acceptors (Lipinski definition) is 6. The van der Waals surface area contributed by atoms with Gasteiger partial charge in [-0.3, -0.25) is 14.2 Å². The van der Waals surface area contributed by atoms with Gasteiger partial charge in [0.2, 0.25) is 5.91 Å². The zero-order valence-electron chi connectivity index (χ0n) is 16.2. The third-order valence-corrected chi connectivity index (χ3v) is 4.32. The second-order valence-corrected chi connectivity index (χ2v) is 6.53. The largest absolute Gasteiger partial charge is 0.384 e. The van der Waals surface area contributed by atoms with Gasteiger partial charge in [0, 0.05) is 30.7 Å².